The van der Waals surface area contributed by atoms with Crippen LogP contribution in [0, 0.1) is 0 Å². The molecule has 0 saturated heterocycles. The van der Waals surface area contributed by atoms with Crippen LogP contribution in [0.2, 0.25) is 0 Å². The van der Waals surface area contributed by atoms with Crippen LogP contribution in [0.3, 0.4) is 0 Å². The van der Waals surface area contributed by atoms with Gasteiger partial charge < -0.3 is 25.2 Å². The van der Waals surface area contributed by atoms with Gasteiger partial charge in [0, 0.05) is 27.4 Å². The van der Waals surface area contributed by atoms with Crippen LogP contribution in [-0.2, 0) is 19.1 Å². The van der Waals surface area contributed by atoms with Crippen LogP contribution in [0.4, 0.5) is 0 Å². The van der Waals surface area contributed by atoms with Crippen molar-refractivity contribution in [1.29, 1.82) is 0 Å². The topological polar surface area (TPSA) is 123 Å². The SMILES string of the molecule is CCC(C)OC(C)=O.CCC(CC(C)O)OC(C)=O.CO.[Na+].[OH-]. The first-order valence-corrected chi connectivity index (χ1v) is 7.20. The maximum absolute atomic E-state index is 10.5. The molecule has 0 aromatic heterocycles. The molecule has 136 valence electrons. The smallest absolute Gasteiger partial charge is 0.870 e. The third-order valence-electron chi connectivity index (χ3n) is 2.33. The van der Waals surface area contributed by atoms with Gasteiger partial charge >= 0.3 is 41.5 Å². The molecular weight excluding hydrogens is 315 g/mol. The van der Waals surface area contributed by atoms with E-state index in [1.165, 1.54) is 13.8 Å². The van der Waals surface area contributed by atoms with Gasteiger partial charge in [0.1, 0.15) is 6.10 Å². The molecule has 0 saturated carbocycles. The van der Waals surface area contributed by atoms with Crippen LogP contribution < -0.4 is 29.6 Å². The monoisotopic (exact) mass is 348 g/mol. The number of carbonyl (C=O) groups is 2. The van der Waals surface area contributed by atoms with Crippen molar-refractivity contribution in [2.75, 3.05) is 7.11 Å². The average molecular weight is 348 g/mol. The van der Waals surface area contributed by atoms with Crippen LogP contribution in [0.5, 0.6) is 0 Å². The van der Waals surface area contributed by atoms with E-state index in [9.17, 15) is 9.59 Å². The van der Waals surface area contributed by atoms with Gasteiger partial charge in [0.25, 0.3) is 0 Å². The van der Waals surface area contributed by atoms with E-state index in [4.69, 9.17) is 19.7 Å². The summed E-state index contributed by atoms with van der Waals surface area (Å²) in [4.78, 5) is 20.7. The van der Waals surface area contributed by atoms with Crippen LogP contribution >= 0.6 is 0 Å². The molecule has 3 unspecified atom stereocenters. The fourth-order valence-corrected chi connectivity index (χ4v) is 1.28. The maximum atomic E-state index is 10.5. The van der Waals surface area contributed by atoms with E-state index >= 15 is 0 Å². The zero-order chi connectivity index (χ0) is 17.4. The Balaban J connectivity index is -0.0000000809. The number of rotatable bonds is 6. The minimum Gasteiger partial charge on any atom is -0.870 e. The van der Waals surface area contributed by atoms with Crippen molar-refractivity contribution in [2.24, 2.45) is 0 Å². The fourth-order valence-electron chi connectivity index (χ4n) is 1.28. The van der Waals surface area contributed by atoms with E-state index < -0.39 is 6.10 Å². The minimum absolute atomic E-state index is 0. The zero-order valence-corrected chi connectivity index (χ0v) is 17.8. The van der Waals surface area contributed by atoms with Crippen LogP contribution in [0.1, 0.15) is 60.8 Å². The Kier molecular flexibility index (Phi) is 35.8. The van der Waals surface area contributed by atoms with Crippen molar-refractivity contribution in [3.8, 4) is 0 Å². The molecule has 0 heterocycles. The summed E-state index contributed by atoms with van der Waals surface area (Å²) < 4.78 is 9.67. The molecule has 0 aromatic rings. The van der Waals surface area contributed by atoms with Crippen molar-refractivity contribution in [3.05, 3.63) is 0 Å². The summed E-state index contributed by atoms with van der Waals surface area (Å²) in [6.45, 7) is 10.3. The predicted molar refractivity (Wildman–Crippen MR) is 83.7 cm³/mol. The summed E-state index contributed by atoms with van der Waals surface area (Å²) in [5, 5.41) is 16.0. The Bertz CT molecular complexity index is 260. The first kappa shape index (κ1) is 34.2. The van der Waals surface area contributed by atoms with Crippen LogP contribution in [0.15, 0.2) is 0 Å². The zero-order valence-electron chi connectivity index (χ0n) is 15.8. The molecule has 3 N–H and O–H groups in total. The molecule has 0 fully saturated rings. The van der Waals surface area contributed by atoms with Gasteiger partial charge in [-0.3, -0.25) is 9.59 Å². The standard InChI is InChI=1S/C8H16O3.C6H12O2.CH4O.Na.H2O/c1-4-8(5-6(2)9)11-7(3)10;1-4-5(2)8-6(3)7;1-2;;/h6,8-9H,4-5H2,1-3H3;5H,4H2,1-3H3;2H,1H3;;1H2/q;;;+1;/p-1. The van der Waals surface area contributed by atoms with Crippen molar-refractivity contribution in [3.63, 3.8) is 0 Å². The average Bonchev–Trinajstić information content (AvgIpc) is 2.39. The minimum atomic E-state index is -0.403. The molecule has 0 bridgehead atoms. The van der Waals surface area contributed by atoms with E-state index in [-0.39, 0.29) is 59.2 Å². The third kappa shape index (κ3) is 34.2. The quantitative estimate of drug-likeness (QED) is 0.460. The summed E-state index contributed by atoms with van der Waals surface area (Å²) >= 11 is 0. The van der Waals surface area contributed by atoms with E-state index in [2.05, 4.69) is 0 Å². The number of hydrogen-bond acceptors (Lipinski definition) is 7. The van der Waals surface area contributed by atoms with Crippen LogP contribution in [0.25, 0.3) is 0 Å². The number of aliphatic hydroxyl groups is 2. The second-order valence-electron chi connectivity index (χ2n) is 4.55. The molecule has 3 atom stereocenters. The fraction of sp³-hybridized carbons (Fsp3) is 0.867. The summed E-state index contributed by atoms with van der Waals surface area (Å²) in [5.41, 5.74) is 0. The molecular formula is C15H33NaO7. The molecule has 0 rings (SSSR count). The molecule has 0 amide bonds. The summed E-state index contributed by atoms with van der Waals surface area (Å²) in [6, 6.07) is 0. The second-order valence-corrected chi connectivity index (χ2v) is 4.55. The molecule has 7 nitrogen and oxygen atoms in total. The van der Waals surface area contributed by atoms with E-state index in [0.29, 0.717) is 6.42 Å². The molecule has 0 aromatic carbocycles. The maximum Gasteiger partial charge on any atom is 1.00 e. The Morgan fingerprint density at radius 2 is 1.35 bits per heavy atom. The Hall–Kier alpha value is -0.180. The molecule has 0 radical (unpaired) electrons. The molecule has 0 aliphatic carbocycles. The van der Waals surface area contributed by atoms with Crippen molar-refractivity contribution in [1.82, 2.24) is 0 Å². The first-order chi connectivity index (χ1) is 9.72. The number of esters is 2. The van der Waals surface area contributed by atoms with Crippen molar-refractivity contribution in [2.45, 2.75) is 79.1 Å². The Morgan fingerprint density at radius 3 is 1.52 bits per heavy atom. The van der Waals surface area contributed by atoms with Gasteiger partial charge in [-0.15, -0.1) is 0 Å². The van der Waals surface area contributed by atoms with Crippen LogP contribution in [-0.4, -0.2) is 53.0 Å². The molecule has 0 spiro atoms. The largest absolute Gasteiger partial charge is 1.00 e. The van der Waals surface area contributed by atoms with Gasteiger partial charge in [0.05, 0.1) is 12.2 Å². The molecule has 23 heavy (non-hydrogen) atoms. The summed E-state index contributed by atoms with van der Waals surface area (Å²) in [5.74, 6) is -0.475. The third-order valence-corrected chi connectivity index (χ3v) is 2.33. The van der Waals surface area contributed by atoms with Gasteiger partial charge in [-0.2, -0.15) is 0 Å². The van der Waals surface area contributed by atoms with E-state index in [1.807, 2.05) is 20.8 Å². The summed E-state index contributed by atoms with van der Waals surface area (Å²) in [6.07, 6.45) is 1.71. The number of hydrogen-bond donors (Lipinski definition) is 2. The Labute approximate surface area is 162 Å². The van der Waals surface area contributed by atoms with Gasteiger partial charge in [0.15, 0.2) is 0 Å². The predicted octanol–water partition coefficient (Wildman–Crippen LogP) is -1.12. The molecule has 0 aliphatic heterocycles. The van der Waals surface area contributed by atoms with Crippen molar-refractivity contribution < 1.29 is 64.3 Å². The normalized spacial score (nSPS) is 12.2. The molecule has 8 heteroatoms. The van der Waals surface area contributed by atoms with E-state index in [0.717, 1.165) is 20.0 Å². The number of carbonyl (C=O) groups excluding carboxylic acids is 2. The number of aliphatic hydroxyl groups excluding tert-OH is 2. The van der Waals surface area contributed by atoms with E-state index in [1.54, 1.807) is 6.92 Å². The van der Waals surface area contributed by atoms with Gasteiger partial charge in [0.2, 0.25) is 0 Å². The number of ether oxygens (including phenoxy) is 2. The first-order valence-electron chi connectivity index (χ1n) is 7.20. The molecule has 0 aliphatic rings. The van der Waals surface area contributed by atoms with Gasteiger partial charge in [-0.25, -0.2) is 0 Å². The summed E-state index contributed by atoms with van der Waals surface area (Å²) in [7, 11) is 1.00. The van der Waals surface area contributed by atoms with Gasteiger partial charge in [-0.1, -0.05) is 13.8 Å². The van der Waals surface area contributed by atoms with Gasteiger partial charge in [-0.05, 0) is 26.7 Å². The second kappa shape index (κ2) is 24.1. The Morgan fingerprint density at radius 1 is 0.957 bits per heavy atom. The van der Waals surface area contributed by atoms with Crippen molar-refractivity contribution >= 4 is 11.9 Å².